The Hall–Kier alpha value is -4.28. The summed E-state index contributed by atoms with van der Waals surface area (Å²) in [5.41, 5.74) is 2.44. The smallest absolute Gasteiger partial charge is 0.293 e. The zero-order chi connectivity index (χ0) is 24.1. The van der Waals surface area contributed by atoms with Crippen molar-refractivity contribution in [3.8, 4) is 0 Å². The Morgan fingerprint density at radius 1 is 1.09 bits per heavy atom. The molecule has 2 amide bonds. The first-order chi connectivity index (χ1) is 16.4. The Labute approximate surface area is 196 Å². The van der Waals surface area contributed by atoms with E-state index < -0.39 is 10.8 Å². The molecule has 1 saturated heterocycles. The van der Waals surface area contributed by atoms with E-state index in [9.17, 15) is 19.7 Å². The lowest BCUT2D eigenvalue weighted by molar-refractivity contribution is -0.384. The Morgan fingerprint density at radius 2 is 1.82 bits per heavy atom. The SMILES string of the molecule is CC(=O)N1CCN(c2ccc(C(=O)NCc3ccccc3Cn3cncn3)cc2[N+](=O)[O-])CC1. The number of amides is 2. The maximum Gasteiger partial charge on any atom is 0.293 e. The van der Waals surface area contributed by atoms with Crippen LogP contribution in [0.15, 0.2) is 55.1 Å². The molecule has 0 unspecified atom stereocenters. The number of carbonyl (C=O) groups is 2. The van der Waals surface area contributed by atoms with Crippen molar-refractivity contribution < 1.29 is 14.5 Å². The number of nitrogens with zero attached hydrogens (tertiary/aromatic N) is 6. The summed E-state index contributed by atoms with van der Waals surface area (Å²) < 4.78 is 1.69. The van der Waals surface area contributed by atoms with E-state index in [0.29, 0.717) is 38.4 Å². The lowest BCUT2D eigenvalue weighted by Gasteiger charge is -2.35. The van der Waals surface area contributed by atoms with Crippen molar-refractivity contribution in [3.63, 3.8) is 0 Å². The normalized spacial score (nSPS) is 13.6. The lowest BCUT2D eigenvalue weighted by atomic mass is 10.1. The Balaban J connectivity index is 1.46. The third-order valence-electron chi connectivity index (χ3n) is 5.86. The van der Waals surface area contributed by atoms with Gasteiger partial charge in [0.25, 0.3) is 11.6 Å². The maximum absolute atomic E-state index is 12.8. The number of anilines is 1. The quantitative estimate of drug-likeness (QED) is 0.418. The third-order valence-corrected chi connectivity index (χ3v) is 5.86. The largest absolute Gasteiger partial charge is 0.362 e. The monoisotopic (exact) mass is 463 g/mol. The lowest BCUT2D eigenvalue weighted by Crippen LogP contribution is -2.48. The van der Waals surface area contributed by atoms with Crippen LogP contribution < -0.4 is 10.2 Å². The van der Waals surface area contributed by atoms with Crippen molar-refractivity contribution in [2.75, 3.05) is 31.1 Å². The number of aromatic nitrogens is 3. The average Bonchev–Trinajstić information content (AvgIpc) is 3.36. The van der Waals surface area contributed by atoms with Gasteiger partial charge in [-0.2, -0.15) is 5.10 Å². The second-order valence-electron chi connectivity index (χ2n) is 8.00. The van der Waals surface area contributed by atoms with E-state index in [1.54, 1.807) is 28.0 Å². The highest BCUT2D eigenvalue weighted by atomic mass is 16.6. The summed E-state index contributed by atoms with van der Waals surface area (Å²) in [5.74, 6) is -0.407. The third kappa shape index (κ3) is 5.20. The molecule has 0 spiro atoms. The molecule has 2 heterocycles. The van der Waals surface area contributed by atoms with Crippen molar-refractivity contribution in [1.82, 2.24) is 25.0 Å². The van der Waals surface area contributed by atoms with Crippen LogP contribution in [0.1, 0.15) is 28.4 Å². The van der Waals surface area contributed by atoms with Gasteiger partial charge in [-0.3, -0.25) is 19.7 Å². The minimum absolute atomic E-state index is 0.0102. The number of hydrogen-bond donors (Lipinski definition) is 1. The van der Waals surface area contributed by atoms with E-state index >= 15 is 0 Å². The molecule has 1 aromatic heterocycles. The number of hydrogen-bond acceptors (Lipinski definition) is 7. The fourth-order valence-corrected chi connectivity index (χ4v) is 3.99. The number of nitro groups is 1. The van der Waals surface area contributed by atoms with Gasteiger partial charge >= 0.3 is 0 Å². The highest BCUT2D eigenvalue weighted by Crippen LogP contribution is 2.30. The molecule has 1 aliphatic rings. The molecule has 11 nitrogen and oxygen atoms in total. The Bertz CT molecular complexity index is 1190. The molecule has 4 rings (SSSR count). The number of nitrogens with one attached hydrogen (secondary N) is 1. The van der Waals surface area contributed by atoms with Gasteiger partial charge in [-0.15, -0.1) is 0 Å². The van der Waals surface area contributed by atoms with E-state index in [4.69, 9.17) is 0 Å². The van der Waals surface area contributed by atoms with Gasteiger partial charge in [-0.25, -0.2) is 9.67 Å². The Morgan fingerprint density at radius 3 is 2.47 bits per heavy atom. The molecule has 1 fully saturated rings. The van der Waals surface area contributed by atoms with Crippen LogP contribution in [0.4, 0.5) is 11.4 Å². The molecule has 2 aromatic carbocycles. The molecule has 11 heteroatoms. The minimum atomic E-state index is -0.475. The second-order valence-corrected chi connectivity index (χ2v) is 8.00. The van der Waals surface area contributed by atoms with Crippen LogP contribution in [-0.2, 0) is 17.9 Å². The number of nitro benzene ring substituents is 1. The molecule has 0 radical (unpaired) electrons. The van der Waals surface area contributed by atoms with Gasteiger partial charge < -0.3 is 15.1 Å². The molecule has 0 bridgehead atoms. The summed E-state index contributed by atoms with van der Waals surface area (Å²) in [7, 11) is 0. The summed E-state index contributed by atoms with van der Waals surface area (Å²) in [6, 6.07) is 12.2. The highest BCUT2D eigenvalue weighted by Gasteiger charge is 2.26. The average molecular weight is 463 g/mol. The van der Waals surface area contributed by atoms with Crippen LogP contribution >= 0.6 is 0 Å². The van der Waals surface area contributed by atoms with Crippen molar-refractivity contribution in [1.29, 1.82) is 0 Å². The highest BCUT2D eigenvalue weighted by molar-refractivity contribution is 5.95. The van der Waals surface area contributed by atoms with Gasteiger partial charge in [0.15, 0.2) is 0 Å². The first-order valence-corrected chi connectivity index (χ1v) is 10.9. The molecule has 3 aromatic rings. The van der Waals surface area contributed by atoms with Crippen LogP contribution in [0.2, 0.25) is 0 Å². The topological polar surface area (TPSA) is 126 Å². The number of benzene rings is 2. The second kappa shape index (κ2) is 10.1. The minimum Gasteiger partial charge on any atom is -0.362 e. The Kier molecular flexibility index (Phi) is 6.81. The van der Waals surface area contributed by atoms with E-state index in [2.05, 4.69) is 15.4 Å². The fraction of sp³-hybridized carbons (Fsp3) is 0.304. The van der Waals surface area contributed by atoms with Gasteiger partial charge in [0.1, 0.15) is 18.3 Å². The molecule has 0 aliphatic carbocycles. The van der Waals surface area contributed by atoms with Crippen molar-refractivity contribution in [2.24, 2.45) is 0 Å². The zero-order valence-corrected chi connectivity index (χ0v) is 18.8. The fourth-order valence-electron chi connectivity index (χ4n) is 3.99. The predicted octanol–water partition coefficient (Wildman–Crippen LogP) is 1.83. The van der Waals surface area contributed by atoms with Crippen LogP contribution in [0, 0.1) is 10.1 Å². The van der Waals surface area contributed by atoms with E-state index in [0.717, 1.165) is 11.1 Å². The maximum atomic E-state index is 12.8. The molecule has 0 atom stereocenters. The van der Waals surface area contributed by atoms with Crippen LogP contribution in [-0.4, -0.2) is 62.6 Å². The molecule has 1 aliphatic heterocycles. The summed E-state index contributed by atoms with van der Waals surface area (Å²) in [6.45, 7) is 4.29. The van der Waals surface area contributed by atoms with Gasteiger partial charge in [0.2, 0.25) is 5.91 Å². The summed E-state index contributed by atoms with van der Waals surface area (Å²) in [4.78, 5) is 43.2. The standard InChI is InChI=1S/C23H25N7O4/c1-17(31)27-8-10-28(11-9-27)21-7-6-18(12-22(21)30(33)34)23(32)25-13-19-4-2-3-5-20(19)14-29-16-24-15-26-29/h2-7,12,15-16H,8-11,13-14H2,1H3,(H,25,32). The van der Waals surface area contributed by atoms with Crippen molar-refractivity contribution >= 4 is 23.2 Å². The molecule has 0 saturated carbocycles. The number of piperazine rings is 1. The van der Waals surface area contributed by atoms with Gasteiger partial charge in [0.05, 0.1) is 11.5 Å². The molecular formula is C23H25N7O4. The molecule has 176 valence electrons. The molecular weight excluding hydrogens is 438 g/mol. The van der Waals surface area contributed by atoms with Crippen molar-refractivity contribution in [3.05, 3.63) is 81.9 Å². The summed E-state index contributed by atoms with van der Waals surface area (Å²) in [5, 5.41) is 18.7. The first kappa shape index (κ1) is 22.9. The summed E-state index contributed by atoms with van der Waals surface area (Å²) >= 11 is 0. The van der Waals surface area contributed by atoms with Gasteiger partial charge in [-0.05, 0) is 23.3 Å². The van der Waals surface area contributed by atoms with E-state index in [1.165, 1.54) is 19.3 Å². The van der Waals surface area contributed by atoms with Gasteiger partial charge in [-0.1, -0.05) is 24.3 Å². The molecule has 1 N–H and O–H groups in total. The van der Waals surface area contributed by atoms with Crippen LogP contribution in [0.25, 0.3) is 0 Å². The summed E-state index contributed by atoms with van der Waals surface area (Å²) in [6.07, 6.45) is 3.08. The van der Waals surface area contributed by atoms with Crippen molar-refractivity contribution in [2.45, 2.75) is 20.0 Å². The van der Waals surface area contributed by atoms with E-state index in [1.807, 2.05) is 29.2 Å². The number of carbonyl (C=O) groups excluding carboxylic acids is 2. The van der Waals surface area contributed by atoms with Gasteiger partial charge in [0, 0.05) is 51.3 Å². The molecule has 34 heavy (non-hydrogen) atoms. The predicted molar refractivity (Wildman–Crippen MR) is 124 cm³/mol. The zero-order valence-electron chi connectivity index (χ0n) is 18.8. The van der Waals surface area contributed by atoms with E-state index in [-0.39, 0.29) is 23.7 Å². The van der Waals surface area contributed by atoms with Crippen LogP contribution in [0.5, 0.6) is 0 Å². The number of rotatable bonds is 7. The van der Waals surface area contributed by atoms with Crippen LogP contribution in [0.3, 0.4) is 0 Å². The first-order valence-electron chi connectivity index (χ1n) is 10.9.